The minimum Gasteiger partial charge on any atom is -0.431 e. The van der Waals surface area contributed by atoms with Crippen LogP contribution in [-0.4, -0.2) is 66.8 Å². The molecule has 0 aliphatic carbocycles. The van der Waals surface area contributed by atoms with Crippen molar-refractivity contribution in [1.82, 2.24) is 19.9 Å². The van der Waals surface area contributed by atoms with Crippen LogP contribution >= 0.6 is 43.6 Å². The Hall–Kier alpha value is -4.58. The van der Waals surface area contributed by atoms with Crippen LogP contribution in [-0.2, 0) is 9.84 Å². The van der Waals surface area contributed by atoms with Gasteiger partial charge in [-0.3, -0.25) is 0 Å². The molecule has 17 heteroatoms. The van der Waals surface area contributed by atoms with Gasteiger partial charge in [0, 0.05) is 39.9 Å². The molecule has 0 atom stereocenters. The van der Waals surface area contributed by atoms with E-state index >= 15 is 0 Å². The van der Waals surface area contributed by atoms with Crippen molar-refractivity contribution in [3.63, 3.8) is 0 Å². The van der Waals surface area contributed by atoms with Crippen molar-refractivity contribution >= 4 is 88.5 Å². The number of nitrogens with one attached hydrogen (secondary N) is 1. The maximum Gasteiger partial charge on any atom is 0.249 e. The van der Waals surface area contributed by atoms with Crippen LogP contribution in [0.3, 0.4) is 0 Å². The van der Waals surface area contributed by atoms with Crippen molar-refractivity contribution in [3.8, 4) is 11.5 Å². The van der Waals surface area contributed by atoms with Gasteiger partial charge in [-0.1, -0.05) is 30.3 Å². The van der Waals surface area contributed by atoms with E-state index in [9.17, 15) is 8.42 Å². The van der Waals surface area contributed by atoms with Gasteiger partial charge >= 0.3 is 0 Å². The number of benzene rings is 3. The Kier molecular flexibility index (Phi) is 10.1. The van der Waals surface area contributed by atoms with Gasteiger partial charge in [-0.25, -0.2) is 28.4 Å². The summed E-state index contributed by atoms with van der Waals surface area (Å²) in [7, 11) is 0.00803. The average Bonchev–Trinajstić information content (AvgIpc) is 3.08. The summed E-state index contributed by atoms with van der Waals surface area (Å²) in [5.41, 5.74) is 2.57. The molecule has 0 bridgehead atoms. The minimum absolute atomic E-state index is 0.263. The number of halogens is 2. The topological polar surface area (TPSA) is 147 Å². The molecule has 250 valence electrons. The number of hydrogen-bond acceptors (Lipinski definition) is 14. The van der Waals surface area contributed by atoms with Crippen LogP contribution in [0.4, 0.5) is 23.3 Å². The van der Waals surface area contributed by atoms with E-state index in [-0.39, 0.29) is 5.16 Å². The van der Waals surface area contributed by atoms with Crippen LogP contribution in [0.15, 0.2) is 114 Å². The summed E-state index contributed by atoms with van der Waals surface area (Å²) in [4.78, 5) is 17.9. The molecule has 49 heavy (non-hydrogen) atoms. The standard InChI is InChI=1S/C19H16BrN5OS.C13H11BrN4O3S/c1-25-17-16(26-18(24-25)14-8-3-4-9-15(14)20)11-21-19(23-17)22-12-6-5-7-13(10-12)27-2;1-18-11-10(7-15-13(16-11)22(2,19)20)21-12(17-18)8-5-3-4-6-9(8)14/h3-11H,1-2H3,(H,21,22,23);3-7H,1-2H3. The smallest absolute Gasteiger partial charge is 0.249 e. The van der Waals surface area contributed by atoms with Crippen LogP contribution in [0.5, 0.6) is 11.5 Å². The summed E-state index contributed by atoms with van der Waals surface area (Å²) < 4.78 is 36.4. The molecule has 0 amide bonds. The van der Waals surface area contributed by atoms with Gasteiger partial charge in [0.15, 0.2) is 23.1 Å². The molecule has 4 heterocycles. The fourth-order valence-electron chi connectivity index (χ4n) is 4.49. The predicted molar refractivity (Wildman–Crippen MR) is 198 cm³/mol. The number of anilines is 4. The van der Waals surface area contributed by atoms with Gasteiger partial charge in [0.2, 0.25) is 32.7 Å². The molecule has 1 N–H and O–H groups in total. The first-order valence-electron chi connectivity index (χ1n) is 14.4. The summed E-state index contributed by atoms with van der Waals surface area (Å²) >= 11 is 8.65. The minimum atomic E-state index is -3.49. The molecule has 0 fully saturated rings. The van der Waals surface area contributed by atoms with E-state index in [1.165, 1.54) is 16.1 Å². The second-order valence-electron chi connectivity index (χ2n) is 10.4. The lowest BCUT2D eigenvalue weighted by molar-refractivity contribution is 0.518. The van der Waals surface area contributed by atoms with Crippen molar-refractivity contribution < 1.29 is 17.9 Å². The van der Waals surface area contributed by atoms with Crippen LogP contribution < -0.4 is 24.8 Å². The molecule has 5 aromatic rings. The number of aromatic nitrogens is 4. The molecule has 3 aromatic carbocycles. The van der Waals surface area contributed by atoms with Crippen molar-refractivity contribution in [2.45, 2.75) is 10.1 Å². The summed E-state index contributed by atoms with van der Waals surface area (Å²) in [5, 5.41) is 14.9. The zero-order valence-electron chi connectivity index (χ0n) is 26.4. The summed E-state index contributed by atoms with van der Waals surface area (Å²) in [6, 6.07) is 23.3. The van der Waals surface area contributed by atoms with E-state index in [1.807, 2.05) is 74.0 Å². The van der Waals surface area contributed by atoms with Gasteiger partial charge in [-0.2, -0.15) is 9.97 Å². The van der Waals surface area contributed by atoms with E-state index in [0.717, 1.165) is 32.0 Å². The predicted octanol–water partition coefficient (Wildman–Crippen LogP) is 6.73. The lowest BCUT2D eigenvalue weighted by Gasteiger charge is -2.23. The Labute approximate surface area is 303 Å². The molecule has 0 saturated carbocycles. The van der Waals surface area contributed by atoms with Crippen molar-refractivity contribution in [2.75, 3.05) is 41.9 Å². The molecule has 13 nitrogen and oxygen atoms in total. The Balaban J connectivity index is 0.000000174. The number of fused-ring (bicyclic) bond motifs is 2. The third-order valence-corrected chi connectivity index (χ3v) is 9.79. The first-order valence-corrected chi connectivity index (χ1v) is 19.1. The van der Waals surface area contributed by atoms with E-state index in [2.05, 4.69) is 79.4 Å². The average molecular weight is 826 g/mol. The molecule has 2 aromatic heterocycles. The van der Waals surface area contributed by atoms with Gasteiger partial charge in [0.05, 0.1) is 23.5 Å². The van der Waals surface area contributed by atoms with Crippen LogP contribution in [0.2, 0.25) is 0 Å². The highest BCUT2D eigenvalue weighted by Gasteiger charge is 2.26. The van der Waals surface area contributed by atoms with Crippen LogP contribution in [0, 0.1) is 0 Å². The molecule has 0 saturated heterocycles. The number of rotatable bonds is 6. The number of hydrogen-bond donors (Lipinski definition) is 1. The molecule has 7 rings (SSSR count). The van der Waals surface area contributed by atoms with E-state index in [4.69, 9.17) is 9.47 Å². The highest BCUT2D eigenvalue weighted by molar-refractivity contribution is 9.10. The fraction of sp³-hybridized carbons (Fsp3) is 0.125. The van der Waals surface area contributed by atoms with Crippen LogP contribution in [0.25, 0.3) is 0 Å². The van der Waals surface area contributed by atoms with E-state index in [0.29, 0.717) is 40.9 Å². The number of hydrazone groups is 2. The van der Waals surface area contributed by atoms with Gasteiger partial charge in [0.25, 0.3) is 0 Å². The summed E-state index contributed by atoms with van der Waals surface area (Å²) in [6.07, 6.45) is 6.08. The van der Waals surface area contributed by atoms with Crippen molar-refractivity contribution in [2.24, 2.45) is 10.2 Å². The van der Waals surface area contributed by atoms with E-state index < -0.39 is 9.84 Å². The second kappa shape index (κ2) is 14.5. The van der Waals surface area contributed by atoms with Gasteiger partial charge in [-0.05, 0) is 80.6 Å². The zero-order valence-corrected chi connectivity index (χ0v) is 31.2. The van der Waals surface area contributed by atoms with Gasteiger partial charge in [0.1, 0.15) is 0 Å². The first kappa shape index (κ1) is 34.3. The Bertz CT molecular complexity index is 2220. The molecular formula is C32H27Br2N9O4S2. The largest absolute Gasteiger partial charge is 0.431 e. The number of thioether (sulfide) groups is 1. The molecular weight excluding hydrogens is 798 g/mol. The SMILES string of the molecule is CN1N=C(c2ccccc2Br)Oc2cnc(S(C)(=O)=O)nc21.CSc1cccc(Nc2ncc3c(n2)N(C)N=C(c2ccccc2Br)O3)c1. The Morgan fingerprint density at radius 2 is 1.31 bits per heavy atom. The Morgan fingerprint density at radius 1 is 0.755 bits per heavy atom. The maximum absolute atomic E-state index is 11.5. The molecule has 0 spiro atoms. The first-order chi connectivity index (χ1) is 23.5. The van der Waals surface area contributed by atoms with Crippen LogP contribution in [0.1, 0.15) is 11.1 Å². The summed E-state index contributed by atoms with van der Waals surface area (Å²) in [6.45, 7) is 0. The number of ether oxygens (including phenoxy) is 2. The van der Waals surface area contributed by atoms with Gasteiger partial charge in [-0.15, -0.1) is 22.0 Å². The third-order valence-electron chi connectivity index (χ3n) is 6.82. The third kappa shape index (κ3) is 7.85. The zero-order chi connectivity index (χ0) is 34.7. The molecule has 0 unspecified atom stereocenters. The maximum atomic E-state index is 11.5. The van der Waals surface area contributed by atoms with Gasteiger partial charge < -0.3 is 14.8 Å². The van der Waals surface area contributed by atoms with Crippen molar-refractivity contribution in [1.29, 1.82) is 0 Å². The lowest BCUT2D eigenvalue weighted by atomic mass is 10.2. The number of sulfone groups is 1. The summed E-state index contributed by atoms with van der Waals surface area (Å²) in [5.74, 6) is 3.16. The fourth-order valence-corrected chi connectivity index (χ4v) is 6.35. The lowest BCUT2D eigenvalue weighted by Crippen LogP contribution is -2.26. The molecule has 2 aliphatic heterocycles. The molecule has 2 aliphatic rings. The Morgan fingerprint density at radius 3 is 1.86 bits per heavy atom. The highest BCUT2D eigenvalue weighted by Crippen LogP contribution is 2.33. The molecule has 0 radical (unpaired) electrons. The number of nitrogens with zero attached hydrogens (tertiary/aromatic N) is 8. The quantitative estimate of drug-likeness (QED) is 0.143. The monoisotopic (exact) mass is 823 g/mol. The second-order valence-corrected chi connectivity index (χ2v) is 14.9. The van der Waals surface area contributed by atoms with Crippen molar-refractivity contribution in [3.05, 3.63) is 105 Å². The highest BCUT2D eigenvalue weighted by atomic mass is 79.9. The van der Waals surface area contributed by atoms with E-state index in [1.54, 1.807) is 30.0 Å². The normalized spacial score (nSPS) is 13.4.